The van der Waals surface area contributed by atoms with E-state index < -0.39 is 0 Å². The summed E-state index contributed by atoms with van der Waals surface area (Å²) < 4.78 is 4.97. The van der Waals surface area contributed by atoms with Gasteiger partial charge in [-0.3, -0.25) is 0 Å². The molecule has 1 nitrogen and oxygen atoms in total. The lowest BCUT2D eigenvalue weighted by molar-refractivity contribution is 0.303. The average molecular weight is 140 g/mol. The minimum Gasteiger partial charge on any atom is -0.497 e. The fourth-order valence-electron chi connectivity index (χ4n) is 0.741. The van der Waals surface area contributed by atoms with Gasteiger partial charge in [0, 0.05) is 0 Å². The molecular formula is C9H16O. The highest BCUT2D eigenvalue weighted by molar-refractivity contribution is 5.15. The van der Waals surface area contributed by atoms with Gasteiger partial charge in [0.2, 0.25) is 0 Å². The van der Waals surface area contributed by atoms with Gasteiger partial charge in [-0.15, -0.1) is 0 Å². The minimum absolute atomic E-state index is 0.997. The second kappa shape index (κ2) is 6.40. The first-order chi connectivity index (χ1) is 4.93. The molecule has 0 atom stereocenters. The van der Waals surface area contributed by atoms with Crippen molar-refractivity contribution in [1.82, 2.24) is 0 Å². The molecule has 0 aromatic carbocycles. The number of hydrogen-bond donors (Lipinski definition) is 0. The van der Waals surface area contributed by atoms with Gasteiger partial charge in [0.1, 0.15) is 5.76 Å². The van der Waals surface area contributed by atoms with Gasteiger partial charge in [-0.25, -0.2) is 0 Å². The number of allylic oxidation sites excluding steroid dienone is 3. The van der Waals surface area contributed by atoms with Gasteiger partial charge < -0.3 is 4.74 Å². The molecule has 0 saturated carbocycles. The molecule has 1 heteroatoms. The molecule has 1 aliphatic carbocycles. The van der Waals surface area contributed by atoms with Crippen LogP contribution in [0.4, 0.5) is 0 Å². The fraction of sp³-hybridized carbons (Fsp3) is 0.556. The van der Waals surface area contributed by atoms with Crippen LogP contribution < -0.4 is 0 Å². The van der Waals surface area contributed by atoms with Gasteiger partial charge >= 0.3 is 0 Å². The van der Waals surface area contributed by atoms with Crippen molar-refractivity contribution in [1.29, 1.82) is 0 Å². The SMILES string of the molecule is CC.COC1=CCCC=C1. The Morgan fingerprint density at radius 3 is 2.30 bits per heavy atom. The third kappa shape index (κ3) is 3.33. The maximum Gasteiger partial charge on any atom is 0.114 e. The summed E-state index contributed by atoms with van der Waals surface area (Å²) in [5, 5.41) is 0. The summed E-state index contributed by atoms with van der Waals surface area (Å²) in [6.07, 6.45) is 8.51. The Balaban J connectivity index is 0.000000371. The van der Waals surface area contributed by atoms with Crippen LogP contribution in [0.5, 0.6) is 0 Å². The third-order valence-corrected chi connectivity index (χ3v) is 1.20. The molecule has 0 unspecified atom stereocenters. The molecule has 0 aromatic rings. The second-order valence-electron chi connectivity index (χ2n) is 1.79. The quantitative estimate of drug-likeness (QED) is 0.544. The molecule has 0 saturated heterocycles. The highest BCUT2D eigenvalue weighted by Crippen LogP contribution is 2.08. The molecule has 0 aromatic heterocycles. The number of methoxy groups -OCH3 is 1. The molecule has 1 rings (SSSR count). The molecule has 0 fully saturated rings. The predicted octanol–water partition coefficient (Wildman–Crippen LogP) is 2.89. The molecule has 0 amide bonds. The topological polar surface area (TPSA) is 9.23 Å². The Hall–Kier alpha value is -0.720. The maximum atomic E-state index is 4.97. The lowest BCUT2D eigenvalue weighted by atomic mass is 10.2. The van der Waals surface area contributed by atoms with Crippen LogP contribution in [0.15, 0.2) is 24.0 Å². The molecule has 10 heavy (non-hydrogen) atoms. The first kappa shape index (κ1) is 9.28. The van der Waals surface area contributed by atoms with E-state index in [9.17, 15) is 0 Å². The molecule has 0 bridgehead atoms. The molecule has 0 heterocycles. The smallest absolute Gasteiger partial charge is 0.114 e. The minimum atomic E-state index is 0.997. The van der Waals surface area contributed by atoms with Crippen LogP contribution in [-0.2, 0) is 4.74 Å². The van der Waals surface area contributed by atoms with Crippen molar-refractivity contribution < 1.29 is 4.74 Å². The Kier molecular flexibility index (Phi) is 5.94. The standard InChI is InChI=1S/C7H10O.C2H6/c1-8-7-5-3-2-4-6-7;1-2/h3,5-6H,2,4H2,1H3;1-2H3. The van der Waals surface area contributed by atoms with Crippen molar-refractivity contribution in [3.63, 3.8) is 0 Å². The van der Waals surface area contributed by atoms with E-state index in [0.29, 0.717) is 0 Å². The van der Waals surface area contributed by atoms with Crippen LogP contribution in [0, 0.1) is 0 Å². The molecule has 0 N–H and O–H groups in total. The van der Waals surface area contributed by atoms with Gasteiger partial charge in [0.15, 0.2) is 0 Å². The van der Waals surface area contributed by atoms with E-state index in [1.807, 2.05) is 19.9 Å². The van der Waals surface area contributed by atoms with E-state index in [4.69, 9.17) is 4.74 Å². The summed E-state index contributed by atoms with van der Waals surface area (Å²) in [4.78, 5) is 0. The number of ether oxygens (including phenoxy) is 1. The van der Waals surface area contributed by atoms with Crippen LogP contribution in [0.2, 0.25) is 0 Å². The summed E-state index contributed by atoms with van der Waals surface area (Å²) in [5.41, 5.74) is 0. The summed E-state index contributed by atoms with van der Waals surface area (Å²) in [7, 11) is 1.70. The summed E-state index contributed by atoms with van der Waals surface area (Å²) in [6.45, 7) is 4.00. The summed E-state index contributed by atoms with van der Waals surface area (Å²) in [5.74, 6) is 0.997. The zero-order valence-corrected chi connectivity index (χ0v) is 7.05. The zero-order valence-electron chi connectivity index (χ0n) is 7.05. The lowest BCUT2D eigenvalue weighted by Gasteiger charge is -2.02. The first-order valence-corrected chi connectivity index (χ1v) is 3.84. The monoisotopic (exact) mass is 140 g/mol. The Morgan fingerprint density at radius 1 is 1.30 bits per heavy atom. The Labute approximate surface area is 63.4 Å². The highest BCUT2D eigenvalue weighted by atomic mass is 16.5. The fourth-order valence-corrected chi connectivity index (χ4v) is 0.741. The van der Waals surface area contributed by atoms with Crippen LogP contribution in [0.3, 0.4) is 0 Å². The van der Waals surface area contributed by atoms with Crippen molar-refractivity contribution in [3.05, 3.63) is 24.0 Å². The molecule has 0 aliphatic heterocycles. The molecule has 58 valence electrons. The van der Waals surface area contributed by atoms with Crippen molar-refractivity contribution in [2.75, 3.05) is 7.11 Å². The van der Waals surface area contributed by atoms with Gasteiger partial charge in [-0.05, 0) is 25.0 Å². The normalized spacial score (nSPS) is 14.9. The van der Waals surface area contributed by atoms with E-state index in [-0.39, 0.29) is 0 Å². The first-order valence-electron chi connectivity index (χ1n) is 3.84. The predicted molar refractivity (Wildman–Crippen MR) is 44.8 cm³/mol. The van der Waals surface area contributed by atoms with E-state index in [0.717, 1.165) is 18.6 Å². The van der Waals surface area contributed by atoms with E-state index >= 15 is 0 Å². The maximum absolute atomic E-state index is 4.97. The van der Waals surface area contributed by atoms with Crippen LogP contribution >= 0.6 is 0 Å². The summed E-state index contributed by atoms with van der Waals surface area (Å²) in [6, 6.07) is 0. The van der Waals surface area contributed by atoms with Gasteiger partial charge in [-0.1, -0.05) is 19.9 Å². The number of hydrogen-bond acceptors (Lipinski definition) is 1. The van der Waals surface area contributed by atoms with Crippen LogP contribution in [0.1, 0.15) is 26.7 Å². The van der Waals surface area contributed by atoms with E-state index in [1.165, 1.54) is 0 Å². The average Bonchev–Trinajstić information content (AvgIpc) is 2.10. The van der Waals surface area contributed by atoms with Crippen molar-refractivity contribution in [3.8, 4) is 0 Å². The molecule has 0 spiro atoms. The highest BCUT2D eigenvalue weighted by Gasteiger charge is 1.92. The number of rotatable bonds is 1. The van der Waals surface area contributed by atoms with Crippen molar-refractivity contribution in [2.45, 2.75) is 26.7 Å². The van der Waals surface area contributed by atoms with E-state index in [2.05, 4.69) is 12.2 Å². The van der Waals surface area contributed by atoms with Crippen LogP contribution in [-0.4, -0.2) is 7.11 Å². The zero-order chi connectivity index (χ0) is 7.82. The van der Waals surface area contributed by atoms with Gasteiger partial charge in [0.25, 0.3) is 0 Å². The lowest BCUT2D eigenvalue weighted by Crippen LogP contribution is -1.85. The van der Waals surface area contributed by atoms with Crippen LogP contribution in [0.25, 0.3) is 0 Å². The Bertz CT molecular complexity index is 123. The largest absolute Gasteiger partial charge is 0.497 e. The van der Waals surface area contributed by atoms with E-state index in [1.54, 1.807) is 7.11 Å². The molecule has 0 radical (unpaired) electrons. The summed E-state index contributed by atoms with van der Waals surface area (Å²) >= 11 is 0. The second-order valence-corrected chi connectivity index (χ2v) is 1.79. The van der Waals surface area contributed by atoms with Crippen molar-refractivity contribution >= 4 is 0 Å². The van der Waals surface area contributed by atoms with Gasteiger partial charge in [0.05, 0.1) is 7.11 Å². The van der Waals surface area contributed by atoms with Crippen molar-refractivity contribution in [2.24, 2.45) is 0 Å². The molecular weight excluding hydrogens is 124 g/mol. The Morgan fingerprint density at radius 2 is 2.00 bits per heavy atom. The van der Waals surface area contributed by atoms with Gasteiger partial charge in [-0.2, -0.15) is 0 Å². The third-order valence-electron chi connectivity index (χ3n) is 1.20. The molecule has 1 aliphatic rings.